The number of anilines is 1. The van der Waals surface area contributed by atoms with Gasteiger partial charge < -0.3 is 14.8 Å². The van der Waals surface area contributed by atoms with E-state index in [1.807, 2.05) is 0 Å². The van der Waals surface area contributed by atoms with Gasteiger partial charge in [0.25, 0.3) is 23.0 Å². The lowest BCUT2D eigenvalue weighted by atomic mass is 10.2. The fourth-order valence-electron chi connectivity index (χ4n) is 3.06. The van der Waals surface area contributed by atoms with E-state index in [2.05, 4.69) is 10.3 Å². The number of imide groups is 1. The van der Waals surface area contributed by atoms with Crippen LogP contribution in [0.2, 0.25) is 0 Å². The Kier molecular flexibility index (Phi) is 5.78. The van der Waals surface area contributed by atoms with Gasteiger partial charge in [0.1, 0.15) is 11.5 Å². The van der Waals surface area contributed by atoms with Crippen LogP contribution < -0.4 is 14.8 Å². The van der Waals surface area contributed by atoms with Crippen molar-refractivity contribution in [3.8, 4) is 11.5 Å². The summed E-state index contributed by atoms with van der Waals surface area (Å²) >= 11 is 1.18. The van der Waals surface area contributed by atoms with Gasteiger partial charge in [0, 0.05) is 13.1 Å². The largest absolute Gasteiger partial charge is 0.497 e. The number of hydrogen-bond acceptors (Lipinski definition) is 7. The molecular formula is C18H22N5O5S+. The molecule has 1 aromatic carbocycles. The van der Waals surface area contributed by atoms with Crippen LogP contribution in [-0.2, 0) is 9.59 Å². The van der Waals surface area contributed by atoms with Crippen LogP contribution in [0, 0.1) is 0 Å². The summed E-state index contributed by atoms with van der Waals surface area (Å²) in [6.45, 7) is 0. The molecule has 1 N–H and O–H groups in total. The minimum Gasteiger partial charge on any atom is -0.497 e. The second-order valence-electron chi connectivity index (χ2n) is 6.37. The number of urea groups is 1. The lowest BCUT2D eigenvalue weighted by Crippen LogP contribution is -2.59. The summed E-state index contributed by atoms with van der Waals surface area (Å²) < 4.78 is 12.1. The van der Waals surface area contributed by atoms with Crippen molar-refractivity contribution >= 4 is 46.3 Å². The molecule has 1 atom stereocenters. The molecule has 2 heterocycles. The van der Waals surface area contributed by atoms with Gasteiger partial charge in [0.05, 0.1) is 39.8 Å². The third-order valence-electron chi connectivity index (χ3n) is 4.61. The topological polar surface area (TPSA) is 104 Å². The van der Waals surface area contributed by atoms with Crippen molar-refractivity contribution in [2.24, 2.45) is 4.99 Å². The van der Waals surface area contributed by atoms with Crippen LogP contribution in [0.1, 0.15) is 0 Å². The number of likely N-dealkylation sites (N-methyl/N-ethyl adjacent to an activating group) is 2. The zero-order valence-corrected chi connectivity index (χ0v) is 17.6. The highest BCUT2D eigenvalue weighted by Gasteiger charge is 2.51. The molecule has 0 aromatic heterocycles. The van der Waals surface area contributed by atoms with E-state index < -0.39 is 18.0 Å². The molecule has 0 aliphatic carbocycles. The molecule has 0 spiro atoms. The molecule has 10 nitrogen and oxygen atoms in total. The Balaban J connectivity index is 1.69. The van der Waals surface area contributed by atoms with Crippen molar-refractivity contribution in [1.82, 2.24) is 9.80 Å². The quantitative estimate of drug-likeness (QED) is 0.703. The van der Waals surface area contributed by atoms with Crippen molar-refractivity contribution < 1.29 is 28.4 Å². The lowest BCUT2D eigenvalue weighted by molar-refractivity contribution is -0.367. The standard InChI is InChI=1S/C18H21N5O5S/c1-21-15-14(16(25)23(3)18(26)22(15)2)20-17(21)29-9-13(24)19-11-7-6-10(27-4)8-12(11)28-5/h6-8,14H,9H2,1-5H3/p+1. The smallest absolute Gasteiger partial charge is 0.388 e. The van der Waals surface area contributed by atoms with Gasteiger partial charge in [-0.3, -0.25) is 14.5 Å². The van der Waals surface area contributed by atoms with E-state index in [4.69, 9.17) is 9.47 Å². The Bertz CT molecular complexity index is 945. The zero-order chi connectivity index (χ0) is 21.3. The highest BCUT2D eigenvalue weighted by molar-refractivity contribution is 8.14. The first-order valence-electron chi connectivity index (χ1n) is 8.66. The number of benzene rings is 1. The second-order valence-corrected chi connectivity index (χ2v) is 7.32. The molecule has 1 unspecified atom stereocenters. The summed E-state index contributed by atoms with van der Waals surface area (Å²) in [6, 6.07) is 3.89. The van der Waals surface area contributed by atoms with E-state index in [-0.39, 0.29) is 11.7 Å². The number of carbonyl (C=O) groups excluding carboxylic acids is 3. The van der Waals surface area contributed by atoms with Gasteiger partial charge in [-0.2, -0.15) is 0 Å². The molecule has 11 heteroatoms. The van der Waals surface area contributed by atoms with E-state index in [1.54, 1.807) is 44.0 Å². The molecule has 0 radical (unpaired) electrons. The average molecular weight is 420 g/mol. The molecule has 1 fully saturated rings. The van der Waals surface area contributed by atoms with Crippen LogP contribution in [-0.4, -0.2) is 90.4 Å². The molecule has 2 aliphatic rings. The SMILES string of the molecule is COc1ccc(NC(=O)CSC2=NC3C(=O)N(C)C(=O)N(C)C3=[N+]2C)c(OC)c1. The van der Waals surface area contributed by atoms with Crippen molar-refractivity contribution in [3.63, 3.8) is 0 Å². The van der Waals surface area contributed by atoms with E-state index in [1.165, 1.54) is 30.8 Å². The third kappa shape index (κ3) is 3.77. The summed E-state index contributed by atoms with van der Waals surface area (Å²) in [5.74, 6) is 0.996. The molecule has 2 aliphatic heterocycles. The number of carbonyl (C=O) groups is 3. The Hall–Kier alpha value is -3.08. The number of thioether (sulfide) groups is 1. The average Bonchev–Trinajstić information content (AvgIpc) is 3.05. The molecule has 154 valence electrons. The number of nitrogens with one attached hydrogen (secondary N) is 1. The first kappa shape index (κ1) is 20.6. The highest BCUT2D eigenvalue weighted by Crippen LogP contribution is 2.29. The van der Waals surface area contributed by atoms with Crippen LogP contribution in [0.5, 0.6) is 11.5 Å². The summed E-state index contributed by atoms with van der Waals surface area (Å²) in [7, 11) is 7.79. The molecule has 4 amide bonds. The monoisotopic (exact) mass is 420 g/mol. The maximum atomic E-state index is 12.4. The van der Waals surface area contributed by atoms with Crippen molar-refractivity contribution in [3.05, 3.63) is 18.2 Å². The van der Waals surface area contributed by atoms with Crippen molar-refractivity contribution in [2.45, 2.75) is 6.04 Å². The molecular weight excluding hydrogens is 398 g/mol. The maximum absolute atomic E-state index is 12.4. The second kappa shape index (κ2) is 8.11. The highest BCUT2D eigenvalue weighted by atomic mass is 32.2. The summed E-state index contributed by atoms with van der Waals surface area (Å²) in [5.41, 5.74) is 0.519. The van der Waals surface area contributed by atoms with E-state index >= 15 is 0 Å². The normalized spacial score (nSPS) is 18.7. The van der Waals surface area contributed by atoms with Gasteiger partial charge in [0.15, 0.2) is 0 Å². The number of amides is 4. The maximum Gasteiger partial charge on any atom is 0.388 e. The molecule has 1 aromatic rings. The van der Waals surface area contributed by atoms with Gasteiger partial charge in [-0.25, -0.2) is 14.3 Å². The fourth-order valence-corrected chi connectivity index (χ4v) is 3.86. The number of fused-ring (bicyclic) bond motifs is 1. The Labute approximate surface area is 172 Å². The summed E-state index contributed by atoms with van der Waals surface area (Å²) in [4.78, 5) is 43.8. The van der Waals surface area contributed by atoms with Gasteiger partial charge in [-0.1, -0.05) is 0 Å². The van der Waals surface area contributed by atoms with Crippen LogP contribution in [0.3, 0.4) is 0 Å². The zero-order valence-electron chi connectivity index (χ0n) is 16.8. The van der Waals surface area contributed by atoms with Crippen LogP contribution in [0.25, 0.3) is 0 Å². The van der Waals surface area contributed by atoms with E-state index in [9.17, 15) is 14.4 Å². The summed E-state index contributed by atoms with van der Waals surface area (Å²) in [5, 5.41) is 3.28. The number of aliphatic imine (C=N–C) groups is 1. The van der Waals surface area contributed by atoms with Gasteiger partial charge in [-0.05, 0) is 23.9 Å². The minimum absolute atomic E-state index is 0.0695. The van der Waals surface area contributed by atoms with Gasteiger partial charge >= 0.3 is 6.03 Å². The molecule has 29 heavy (non-hydrogen) atoms. The lowest BCUT2D eigenvalue weighted by Gasteiger charge is -2.27. The molecule has 1 saturated heterocycles. The molecule has 0 bridgehead atoms. The number of amidine groups is 2. The molecule has 0 saturated carbocycles. The first-order chi connectivity index (χ1) is 13.8. The predicted octanol–water partition coefficient (Wildman–Crippen LogP) is 0.678. The van der Waals surface area contributed by atoms with E-state index in [0.717, 1.165) is 4.90 Å². The predicted molar refractivity (Wildman–Crippen MR) is 109 cm³/mol. The number of hydrogen-bond donors (Lipinski definition) is 1. The summed E-state index contributed by atoms with van der Waals surface area (Å²) in [6.07, 6.45) is 0. The van der Waals surface area contributed by atoms with Crippen LogP contribution in [0.4, 0.5) is 10.5 Å². The fraction of sp³-hybridized carbons (Fsp3) is 0.389. The number of methoxy groups -OCH3 is 2. The Morgan fingerprint density at radius 1 is 1.24 bits per heavy atom. The van der Waals surface area contributed by atoms with Gasteiger partial charge in [-0.15, -0.1) is 4.99 Å². The van der Waals surface area contributed by atoms with Crippen molar-refractivity contribution in [2.75, 3.05) is 46.4 Å². The first-order valence-corrected chi connectivity index (χ1v) is 9.65. The van der Waals surface area contributed by atoms with Crippen LogP contribution in [0.15, 0.2) is 23.2 Å². The number of rotatable bonds is 5. The van der Waals surface area contributed by atoms with Crippen LogP contribution >= 0.6 is 11.8 Å². The van der Waals surface area contributed by atoms with E-state index in [0.29, 0.717) is 28.2 Å². The Morgan fingerprint density at radius 2 is 1.97 bits per heavy atom. The minimum atomic E-state index is -0.778. The number of nitrogens with zero attached hydrogens (tertiary/aromatic N) is 4. The van der Waals surface area contributed by atoms with Gasteiger partial charge in [0.2, 0.25) is 5.91 Å². The Morgan fingerprint density at radius 3 is 2.62 bits per heavy atom. The number of ether oxygens (including phenoxy) is 2. The molecule has 3 rings (SSSR count). The third-order valence-corrected chi connectivity index (χ3v) is 5.66. The van der Waals surface area contributed by atoms with Crippen molar-refractivity contribution in [1.29, 1.82) is 0 Å².